The van der Waals surface area contributed by atoms with Crippen molar-refractivity contribution in [1.29, 1.82) is 0 Å². The molecule has 0 atom stereocenters. The Morgan fingerprint density at radius 3 is 2.80 bits per heavy atom. The lowest BCUT2D eigenvalue weighted by Crippen LogP contribution is -2.25. The average molecular weight is 204 g/mol. The third-order valence-corrected chi connectivity index (χ3v) is 3.09. The molecule has 0 aromatic heterocycles. The quantitative estimate of drug-likeness (QED) is 0.701. The van der Waals surface area contributed by atoms with Crippen LogP contribution in [0.2, 0.25) is 0 Å². The van der Waals surface area contributed by atoms with Crippen molar-refractivity contribution in [2.24, 2.45) is 0 Å². The van der Waals surface area contributed by atoms with Gasteiger partial charge in [0.15, 0.2) is 0 Å². The van der Waals surface area contributed by atoms with Crippen LogP contribution in [0.3, 0.4) is 0 Å². The Labute approximate surface area is 90.1 Å². The van der Waals surface area contributed by atoms with Crippen molar-refractivity contribution >= 4 is 17.3 Å². The van der Waals surface area contributed by atoms with Gasteiger partial charge in [0, 0.05) is 20.0 Å². The molecule has 80 valence electrons. The lowest BCUT2D eigenvalue weighted by molar-refractivity contribution is -0.118. The van der Waals surface area contributed by atoms with Crippen molar-refractivity contribution in [3.8, 4) is 0 Å². The molecule has 0 saturated heterocycles. The van der Waals surface area contributed by atoms with Crippen LogP contribution in [0.25, 0.3) is 0 Å². The number of nitrogens with one attached hydrogen (secondary N) is 1. The molecule has 0 saturated carbocycles. The molecule has 15 heavy (non-hydrogen) atoms. The summed E-state index contributed by atoms with van der Waals surface area (Å²) in [7, 11) is 1.84. The number of benzene rings is 1. The predicted octanol–water partition coefficient (Wildman–Crippen LogP) is 2.08. The first-order valence-electron chi connectivity index (χ1n) is 5.22. The minimum Gasteiger partial charge on any atom is -0.383 e. The third kappa shape index (κ3) is 1.58. The molecule has 1 aliphatic heterocycles. The average Bonchev–Trinajstić information content (AvgIpc) is 2.35. The van der Waals surface area contributed by atoms with E-state index in [1.54, 1.807) is 4.90 Å². The molecule has 0 fully saturated rings. The molecule has 0 radical (unpaired) electrons. The number of rotatable bonds is 0. The van der Waals surface area contributed by atoms with E-state index in [2.05, 4.69) is 25.2 Å². The first-order chi connectivity index (χ1) is 7.11. The first-order valence-corrected chi connectivity index (χ1v) is 5.22. The van der Waals surface area contributed by atoms with E-state index >= 15 is 0 Å². The number of aryl methyl sites for hydroxylation is 1. The van der Waals surface area contributed by atoms with Crippen LogP contribution < -0.4 is 10.2 Å². The van der Waals surface area contributed by atoms with E-state index in [0.29, 0.717) is 6.42 Å². The summed E-state index contributed by atoms with van der Waals surface area (Å²) in [5.74, 6) is 0.171. The lowest BCUT2D eigenvalue weighted by Gasteiger charge is -2.19. The molecule has 1 aromatic carbocycles. The van der Waals surface area contributed by atoms with Gasteiger partial charge in [-0.3, -0.25) is 4.79 Å². The number of carbonyl (C=O) groups is 1. The molecule has 0 spiro atoms. The van der Waals surface area contributed by atoms with Crippen molar-refractivity contribution in [3.63, 3.8) is 0 Å². The number of hydrogen-bond donors (Lipinski definition) is 1. The van der Waals surface area contributed by atoms with Gasteiger partial charge in [0.25, 0.3) is 0 Å². The number of nitrogens with zero attached hydrogens (tertiary/aromatic N) is 1. The van der Waals surface area contributed by atoms with Crippen LogP contribution in [0, 0.1) is 13.8 Å². The topological polar surface area (TPSA) is 32.3 Å². The van der Waals surface area contributed by atoms with Crippen LogP contribution in [0.4, 0.5) is 11.4 Å². The van der Waals surface area contributed by atoms with Crippen LogP contribution >= 0.6 is 0 Å². The number of amides is 1. The molecule has 1 N–H and O–H groups in total. The van der Waals surface area contributed by atoms with Gasteiger partial charge in [-0.2, -0.15) is 0 Å². The predicted molar refractivity (Wildman–Crippen MR) is 62.4 cm³/mol. The highest BCUT2D eigenvalue weighted by Gasteiger charge is 2.19. The molecular weight excluding hydrogens is 188 g/mol. The summed E-state index contributed by atoms with van der Waals surface area (Å²) in [5.41, 5.74) is 4.57. The minimum atomic E-state index is 0.171. The zero-order chi connectivity index (χ0) is 11.0. The molecule has 1 heterocycles. The second kappa shape index (κ2) is 3.57. The van der Waals surface area contributed by atoms with Gasteiger partial charge < -0.3 is 10.2 Å². The third-order valence-electron chi connectivity index (χ3n) is 3.09. The number of anilines is 2. The van der Waals surface area contributed by atoms with E-state index in [0.717, 1.165) is 17.9 Å². The maximum atomic E-state index is 11.7. The van der Waals surface area contributed by atoms with E-state index in [1.807, 2.05) is 13.1 Å². The highest BCUT2D eigenvalue weighted by molar-refractivity contribution is 5.98. The largest absolute Gasteiger partial charge is 0.383 e. The van der Waals surface area contributed by atoms with E-state index in [4.69, 9.17) is 0 Å². The van der Waals surface area contributed by atoms with Gasteiger partial charge >= 0.3 is 0 Å². The Balaban J connectivity index is 2.57. The smallest absolute Gasteiger partial charge is 0.228 e. The summed E-state index contributed by atoms with van der Waals surface area (Å²) < 4.78 is 0. The lowest BCUT2D eigenvalue weighted by atomic mass is 10.1. The van der Waals surface area contributed by atoms with E-state index in [-0.39, 0.29) is 5.91 Å². The Morgan fingerprint density at radius 1 is 1.33 bits per heavy atom. The fourth-order valence-corrected chi connectivity index (χ4v) is 1.90. The first kappa shape index (κ1) is 10.0. The van der Waals surface area contributed by atoms with Gasteiger partial charge in [0.05, 0.1) is 11.4 Å². The summed E-state index contributed by atoms with van der Waals surface area (Å²) in [6, 6.07) is 4.07. The summed E-state index contributed by atoms with van der Waals surface area (Å²) in [4.78, 5) is 13.4. The summed E-state index contributed by atoms with van der Waals surface area (Å²) >= 11 is 0. The maximum absolute atomic E-state index is 11.7. The van der Waals surface area contributed by atoms with Crippen molar-refractivity contribution in [2.45, 2.75) is 20.3 Å². The van der Waals surface area contributed by atoms with Gasteiger partial charge in [0.2, 0.25) is 5.91 Å². The molecule has 3 heteroatoms. The fourth-order valence-electron chi connectivity index (χ4n) is 1.90. The van der Waals surface area contributed by atoms with Gasteiger partial charge in [0.1, 0.15) is 0 Å². The molecule has 0 unspecified atom stereocenters. The van der Waals surface area contributed by atoms with E-state index < -0.39 is 0 Å². The second-order valence-electron chi connectivity index (χ2n) is 4.03. The molecular formula is C12H16N2O. The SMILES string of the molecule is Cc1ccc2c(c1C)NCCC(=O)N2C. The maximum Gasteiger partial charge on any atom is 0.228 e. The summed E-state index contributed by atoms with van der Waals surface area (Å²) in [5, 5.41) is 3.33. The van der Waals surface area contributed by atoms with Crippen molar-refractivity contribution in [2.75, 3.05) is 23.8 Å². The van der Waals surface area contributed by atoms with Gasteiger partial charge in [-0.1, -0.05) is 6.07 Å². The zero-order valence-corrected chi connectivity index (χ0v) is 9.42. The molecule has 0 bridgehead atoms. The molecule has 1 aliphatic rings. The van der Waals surface area contributed by atoms with Crippen LogP contribution in [0.1, 0.15) is 17.5 Å². The normalized spacial score (nSPS) is 15.7. The highest BCUT2D eigenvalue weighted by atomic mass is 16.2. The number of fused-ring (bicyclic) bond motifs is 1. The molecule has 1 amide bonds. The van der Waals surface area contributed by atoms with E-state index in [1.165, 1.54) is 11.1 Å². The molecule has 1 aromatic rings. The standard InChI is InChI=1S/C12H16N2O/c1-8-4-5-10-12(9(8)2)13-7-6-11(15)14(10)3/h4-5,13H,6-7H2,1-3H3. The molecule has 2 rings (SSSR count). The van der Waals surface area contributed by atoms with Gasteiger partial charge in [-0.05, 0) is 31.0 Å². The van der Waals surface area contributed by atoms with Crippen molar-refractivity contribution < 1.29 is 4.79 Å². The van der Waals surface area contributed by atoms with Crippen molar-refractivity contribution in [1.82, 2.24) is 0 Å². The Kier molecular flexibility index (Phi) is 2.39. The molecule has 0 aliphatic carbocycles. The van der Waals surface area contributed by atoms with Crippen LogP contribution in [-0.2, 0) is 4.79 Å². The Bertz CT molecular complexity index is 412. The highest BCUT2D eigenvalue weighted by Crippen LogP contribution is 2.32. The van der Waals surface area contributed by atoms with E-state index in [9.17, 15) is 4.79 Å². The van der Waals surface area contributed by atoms with Gasteiger partial charge in [-0.15, -0.1) is 0 Å². The monoisotopic (exact) mass is 204 g/mol. The van der Waals surface area contributed by atoms with Crippen LogP contribution in [0.5, 0.6) is 0 Å². The molecule has 3 nitrogen and oxygen atoms in total. The summed E-state index contributed by atoms with van der Waals surface area (Å²) in [6.45, 7) is 4.90. The van der Waals surface area contributed by atoms with Crippen molar-refractivity contribution in [3.05, 3.63) is 23.3 Å². The zero-order valence-electron chi connectivity index (χ0n) is 9.42. The Hall–Kier alpha value is -1.51. The fraction of sp³-hybridized carbons (Fsp3) is 0.417. The van der Waals surface area contributed by atoms with Crippen LogP contribution in [-0.4, -0.2) is 19.5 Å². The summed E-state index contributed by atoms with van der Waals surface area (Å²) in [6.07, 6.45) is 0.559. The number of carbonyl (C=O) groups excluding carboxylic acids is 1. The van der Waals surface area contributed by atoms with Gasteiger partial charge in [-0.25, -0.2) is 0 Å². The second-order valence-corrected chi connectivity index (χ2v) is 4.03. The number of hydrogen-bond acceptors (Lipinski definition) is 2. The van der Waals surface area contributed by atoms with Crippen LogP contribution in [0.15, 0.2) is 12.1 Å². The minimum absolute atomic E-state index is 0.171. The Morgan fingerprint density at radius 2 is 2.07 bits per heavy atom.